The molecule has 13 heavy (non-hydrogen) atoms. The van der Waals surface area contributed by atoms with Gasteiger partial charge >= 0.3 is 0 Å². The van der Waals surface area contributed by atoms with Gasteiger partial charge in [0.25, 0.3) is 0 Å². The van der Waals surface area contributed by atoms with Crippen LogP contribution in [0.5, 0.6) is 0 Å². The van der Waals surface area contributed by atoms with Gasteiger partial charge in [0, 0.05) is 12.8 Å². The second-order valence-electron chi connectivity index (χ2n) is 2.88. The molecule has 0 aliphatic carbocycles. The van der Waals surface area contributed by atoms with Crippen molar-refractivity contribution in [2.75, 3.05) is 0 Å². The average molecular weight is 268 g/mol. The van der Waals surface area contributed by atoms with Crippen molar-refractivity contribution in [3.63, 3.8) is 0 Å². The predicted octanol–water partition coefficient (Wildman–Crippen LogP) is 4.87. The Bertz CT molecular complexity index is 131. The summed E-state index contributed by atoms with van der Waals surface area (Å²) < 4.78 is 2.60. The van der Waals surface area contributed by atoms with Gasteiger partial charge in [-0.25, -0.2) is 0 Å². The van der Waals surface area contributed by atoms with E-state index in [1.165, 1.54) is 0 Å². The molecular formula is C8H14Cl4O. The summed E-state index contributed by atoms with van der Waals surface area (Å²) >= 11 is 23.3. The molecule has 0 N–H and O–H groups in total. The van der Waals surface area contributed by atoms with Gasteiger partial charge in [0.05, 0.1) is 0 Å². The highest BCUT2D eigenvalue weighted by atomic mass is 35.5. The molecule has 0 rings (SSSR count). The minimum atomic E-state index is -1.28. The van der Waals surface area contributed by atoms with E-state index in [0.29, 0.717) is 12.8 Å². The lowest BCUT2D eigenvalue weighted by atomic mass is 10.3. The second-order valence-corrected chi connectivity index (χ2v) is 5.71. The Morgan fingerprint density at radius 3 is 1.38 bits per heavy atom. The van der Waals surface area contributed by atoms with Gasteiger partial charge in [-0.3, -0.25) is 0 Å². The molecule has 0 bridgehead atoms. The normalized spacial score (nSPS) is 13.4. The van der Waals surface area contributed by atoms with Crippen LogP contribution in [-0.4, -0.2) is 9.04 Å². The Morgan fingerprint density at radius 2 is 1.15 bits per heavy atom. The summed E-state index contributed by atoms with van der Waals surface area (Å²) in [5.74, 6) is 0. The Hall–Kier alpha value is 1.12. The maximum absolute atomic E-state index is 5.83. The maximum atomic E-state index is 5.83. The van der Waals surface area contributed by atoms with Crippen LogP contribution in [0, 0.1) is 0 Å². The lowest BCUT2D eigenvalue weighted by molar-refractivity contribution is 0.0181. The zero-order valence-electron chi connectivity index (χ0n) is 7.75. The van der Waals surface area contributed by atoms with Gasteiger partial charge in [-0.05, 0) is 0 Å². The van der Waals surface area contributed by atoms with Crippen molar-refractivity contribution < 1.29 is 4.74 Å². The Kier molecular flexibility index (Phi) is 6.38. The van der Waals surface area contributed by atoms with E-state index in [2.05, 4.69) is 0 Å². The maximum Gasteiger partial charge on any atom is 0.220 e. The molecule has 5 heteroatoms. The van der Waals surface area contributed by atoms with Gasteiger partial charge in [-0.15, -0.1) is 0 Å². The smallest absolute Gasteiger partial charge is 0.220 e. The monoisotopic (exact) mass is 266 g/mol. The van der Waals surface area contributed by atoms with Crippen LogP contribution in [0.3, 0.4) is 0 Å². The van der Waals surface area contributed by atoms with E-state index in [9.17, 15) is 0 Å². The quantitative estimate of drug-likeness (QED) is 0.624. The van der Waals surface area contributed by atoms with Gasteiger partial charge in [0.1, 0.15) is 0 Å². The fourth-order valence-electron chi connectivity index (χ4n) is 0.903. The van der Waals surface area contributed by atoms with Crippen LogP contribution in [0.2, 0.25) is 0 Å². The van der Waals surface area contributed by atoms with Crippen molar-refractivity contribution >= 4 is 46.4 Å². The molecule has 0 aliphatic rings. The minimum Gasteiger partial charge on any atom is -0.310 e. The van der Waals surface area contributed by atoms with E-state index in [1.54, 1.807) is 0 Å². The van der Waals surface area contributed by atoms with E-state index in [4.69, 9.17) is 51.1 Å². The Morgan fingerprint density at radius 1 is 0.846 bits per heavy atom. The van der Waals surface area contributed by atoms with Crippen molar-refractivity contribution in [1.82, 2.24) is 0 Å². The second kappa shape index (κ2) is 5.87. The molecule has 80 valence electrons. The van der Waals surface area contributed by atoms with E-state index < -0.39 is 9.04 Å². The molecule has 0 fully saturated rings. The van der Waals surface area contributed by atoms with Gasteiger partial charge in [-0.2, -0.15) is 0 Å². The summed E-state index contributed by atoms with van der Waals surface area (Å²) in [6.45, 7) is 3.90. The van der Waals surface area contributed by atoms with Crippen molar-refractivity contribution in [1.29, 1.82) is 0 Å². The van der Waals surface area contributed by atoms with E-state index in [1.807, 2.05) is 13.8 Å². The van der Waals surface area contributed by atoms with Gasteiger partial charge in [-0.1, -0.05) is 73.1 Å². The standard InChI is InChI=1S/C8H14Cl4O/c1-3-5-7(9,10)13-8(11,12)6-4-2/h3-6H2,1-2H3. The molecule has 0 aromatic carbocycles. The molecule has 0 radical (unpaired) electrons. The SMILES string of the molecule is CCCC(Cl)(Cl)OC(Cl)(Cl)CCC. The van der Waals surface area contributed by atoms with Crippen molar-refractivity contribution in [2.24, 2.45) is 0 Å². The minimum absolute atomic E-state index is 0.501. The number of alkyl halides is 4. The molecule has 0 amide bonds. The van der Waals surface area contributed by atoms with Crippen LogP contribution < -0.4 is 0 Å². The first-order chi connectivity index (χ1) is 5.83. The summed E-state index contributed by atoms with van der Waals surface area (Å²) in [6.07, 6.45) is 2.62. The topological polar surface area (TPSA) is 9.23 Å². The van der Waals surface area contributed by atoms with Gasteiger partial charge in [0.2, 0.25) is 9.04 Å². The molecule has 0 aromatic heterocycles. The summed E-state index contributed by atoms with van der Waals surface area (Å²) in [4.78, 5) is 0. The average Bonchev–Trinajstić information content (AvgIpc) is 1.82. The molecule has 0 unspecified atom stereocenters. The van der Waals surface area contributed by atoms with Crippen LogP contribution in [0.4, 0.5) is 0 Å². The van der Waals surface area contributed by atoms with E-state index in [-0.39, 0.29) is 0 Å². The molecule has 0 heterocycles. The van der Waals surface area contributed by atoms with Crippen LogP contribution >= 0.6 is 46.4 Å². The summed E-state index contributed by atoms with van der Waals surface area (Å²) in [5, 5.41) is 0. The largest absolute Gasteiger partial charge is 0.310 e. The molecular weight excluding hydrogens is 254 g/mol. The van der Waals surface area contributed by atoms with Crippen LogP contribution in [0.25, 0.3) is 0 Å². The molecule has 0 saturated carbocycles. The Balaban J connectivity index is 4.07. The van der Waals surface area contributed by atoms with Crippen molar-refractivity contribution in [3.05, 3.63) is 0 Å². The molecule has 0 atom stereocenters. The summed E-state index contributed by atoms with van der Waals surface area (Å²) in [6, 6.07) is 0. The highest BCUT2D eigenvalue weighted by molar-refractivity contribution is 6.50. The van der Waals surface area contributed by atoms with Gasteiger partial charge < -0.3 is 4.74 Å². The van der Waals surface area contributed by atoms with Crippen molar-refractivity contribution in [3.8, 4) is 0 Å². The number of rotatable bonds is 6. The summed E-state index contributed by atoms with van der Waals surface area (Å²) in [7, 11) is 0. The molecule has 0 aromatic rings. The highest BCUT2D eigenvalue weighted by Gasteiger charge is 2.35. The van der Waals surface area contributed by atoms with E-state index in [0.717, 1.165) is 12.8 Å². The predicted molar refractivity (Wildman–Crippen MR) is 59.8 cm³/mol. The third-order valence-electron chi connectivity index (χ3n) is 1.38. The van der Waals surface area contributed by atoms with Crippen LogP contribution in [0.1, 0.15) is 39.5 Å². The first kappa shape index (κ1) is 14.1. The van der Waals surface area contributed by atoms with Gasteiger partial charge in [0.15, 0.2) is 0 Å². The number of hydrogen-bond acceptors (Lipinski definition) is 1. The first-order valence-electron chi connectivity index (χ1n) is 4.29. The molecule has 1 nitrogen and oxygen atoms in total. The first-order valence-corrected chi connectivity index (χ1v) is 5.80. The number of halogens is 4. The zero-order valence-corrected chi connectivity index (χ0v) is 10.8. The third kappa shape index (κ3) is 7.10. The molecule has 0 saturated heterocycles. The molecule has 0 aliphatic heterocycles. The summed E-state index contributed by atoms with van der Waals surface area (Å²) in [5.41, 5.74) is 0. The van der Waals surface area contributed by atoms with Crippen LogP contribution in [-0.2, 0) is 4.74 Å². The highest BCUT2D eigenvalue weighted by Crippen LogP contribution is 2.39. The lowest BCUT2D eigenvalue weighted by Crippen LogP contribution is -2.29. The fourth-order valence-corrected chi connectivity index (χ4v) is 2.34. The lowest BCUT2D eigenvalue weighted by Gasteiger charge is -2.28. The zero-order chi connectivity index (χ0) is 10.5. The number of hydrogen-bond donors (Lipinski definition) is 0. The number of ether oxygens (including phenoxy) is 1. The Labute approximate surface area is 99.6 Å². The van der Waals surface area contributed by atoms with E-state index >= 15 is 0 Å². The fraction of sp³-hybridized carbons (Fsp3) is 1.00. The van der Waals surface area contributed by atoms with Crippen molar-refractivity contribution in [2.45, 2.75) is 48.6 Å². The third-order valence-corrected chi connectivity index (χ3v) is 2.45. The van der Waals surface area contributed by atoms with Crippen LogP contribution in [0.15, 0.2) is 0 Å². The molecule has 0 spiro atoms.